The van der Waals surface area contributed by atoms with E-state index in [0.29, 0.717) is 18.1 Å². The van der Waals surface area contributed by atoms with Gasteiger partial charge in [-0.15, -0.1) is 0 Å². The van der Waals surface area contributed by atoms with Gasteiger partial charge in [0, 0.05) is 18.1 Å². The smallest absolute Gasteiger partial charge is 0.324 e. The van der Waals surface area contributed by atoms with E-state index in [9.17, 15) is 4.79 Å². The second kappa shape index (κ2) is 5.58. The Balaban J connectivity index is 2.21. The van der Waals surface area contributed by atoms with E-state index in [1.54, 1.807) is 18.7 Å². The molecule has 1 heterocycles. The van der Waals surface area contributed by atoms with Crippen molar-refractivity contribution in [2.24, 2.45) is 0 Å². The highest BCUT2D eigenvalue weighted by atomic mass is 32.2. The molecule has 4 nitrogen and oxygen atoms in total. The molecule has 0 amide bonds. The number of esters is 1. The minimum atomic E-state index is -0.321. The summed E-state index contributed by atoms with van der Waals surface area (Å²) in [5.74, 6) is 1.14. The molecule has 0 radical (unpaired) electrons. The van der Waals surface area contributed by atoms with E-state index >= 15 is 0 Å². The third kappa shape index (κ3) is 3.86. The fourth-order valence-electron chi connectivity index (χ4n) is 1.20. The van der Waals surface area contributed by atoms with Crippen LogP contribution in [0.4, 0.5) is 0 Å². The van der Waals surface area contributed by atoms with Crippen molar-refractivity contribution < 1.29 is 14.6 Å². The Labute approximate surface area is 88.4 Å². The molecule has 2 N–H and O–H groups in total. The number of nitrogens with one attached hydrogen (secondary N) is 1. The predicted molar refractivity (Wildman–Crippen MR) is 56.4 cm³/mol. The molecule has 14 heavy (non-hydrogen) atoms. The highest BCUT2D eigenvalue weighted by molar-refractivity contribution is 7.99. The third-order valence-corrected chi connectivity index (χ3v) is 3.18. The summed E-state index contributed by atoms with van der Waals surface area (Å²) in [6, 6.07) is -0.213. The van der Waals surface area contributed by atoms with Crippen LogP contribution in [-0.2, 0) is 9.53 Å². The molecular weight excluding hydrogens is 202 g/mol. The summed E-state index contributed by atoms with van der Waals surface area (Å²) in [7, 11) is 0. The lowest BCUT2D eigenvalue weighted by molar-refractivity contribution is -0.154. The Morgan fingerprint density at radius 2 is 2.50 bits per heavy atom. The molecule has 5 heteroatoms. The topological polar surface area (TPSA) is 58.6 Å². The van der Waals surface area contributed by atoms with Gasteiger partial charge in [0.05, 0.1) is 6.10 Å². The quantitative estimate of drug-likeness (QED) is 0.652. The normalized spacial score (nSPS) is 29.8. The van der Waals surface area contributed by atoms with Gasteiger partial charge in [0.1, 0.15) is 12.1 Å². The average Bonchev–Trinajstić information content (AvgIpc) is 2.08. The van der Waals surface area contributed by atoms with Gasteiger partial charge in [-0.2, -0.15) is 11.8 Å². The largest absolute Gasteiger partial charge is 0.460 e. The number of carbonyl (C=O) groups excluding carboxylic acids is 1. The zero-order valence-corrected chi connectivity index (χ0v) is 9.34. The van der Waals surface area contributed by atoms with Gasteiger partial charge in [-0.05, 0) is 13.8 Å². The zero-order chi connectivity index (χ0) is 10.6. The van der Waals surface area contributed by atoms with E-state index in [2.05, 4.69) is 5.32 Å². The van der Waals surface area contributed by atoms with Gasteiger partial charge in [0.25, 0.3) is 0 Å². The maximum atomic E-state index is 11.3. The second-order valence-electron chi connectivity index (χ2n) is 3.59. The van der Waals surface area contributed by atoms with Crippen LogP contribution < -0.4 is 5.32 Å². The number of cyclic esters (lactones) is 1. The van der Waals surface area contributed by atoms with Crippen molar-refractivity contribution in [3.8, 4) is 0 Å². The van der Waals surface area contributed by atoms with E-state index < -0.39 is 0 Å². The van der Waals surface area contributed by atoms with Crippen molar-refractivity contribution in [2.75, 3.05) is 18.1 Å². The van der Waals surface area contributed by atoms with Crippen LogP contribution in [0.2, 0.25) is 0 Å². The van der Waals surface area contributed by atoms with E-state index in [-0.39, 0.29) is 24.2 Å². The summed E-state index contributed by atoms with van der Waals surface area (Å²) in [4.78, 5) is 11.3. The number of aliphatic hydroxyl groups excluding tert-OH is 1. The molecule has 82 valence electrons. The molecule has 1 aliphatic heterocycles. The van der Waals surface area contributed by atoms with Crippen LogP contribution in [0.15, 0.2) is 0 Å². The third-order valence-electron chi connectivity index (χ3n) is 1.90. The van der Waals surface area contributed by atoms with Crippen molar-refractivity contribution in [2.45, 2.75) is 32.1 Å². The molecule has 3 atom stereocenters. The molecule has 0 saturated carbocycles. The Morgan fingerprint density at radius 3 is 3.07 bits per heavy atom. The number of thioether (sulfide) groups is 1. The van der Waals surface area contributed by atoms with Crippen molar-refractivity contribution in [3.05, 3.63) is 0 Å². The van der Waals surface area contributed by atoms with E-state index in [4.69, 9.17) is 9.84 Å². The highest BCUT2D eigenvalue weighted by Crippen LogP contribution is 2.10. The zero-order valence-electron chi connectivity index (χ0n) is 8.53. The van der Waals surface area contributed by atoms with Gasteiger partial charge < -0.3 is 15.2 Å². The van der Waals surface area contributed by atoms with Crippen LogP contribution in [0.1, 0.15) is 13.8 Å². The lowest BCUT2D eigenvalue weighted by atomic mass is 10.2. The number of aliphatic hydroxyl groups is 1. The minimum absolute atomic E-state index is 0.0273. The molecular formula is C9H17NO3S. The predicted octanol–water partition coefficient (Wildman–Crippen LogP) is 0.00390. The summed E-state index contributed by atoms with van der Waals surface area (Å²) in [6.07, 6.45) is -0.348. The molecule has 0 aliphatic carbocycles. The van der Waals surface area contributed by atoms with Gasteiger partial charge in [-0.25, -0.2) is 0 Å². The SMILES string of the molecule is CC(O)CSCC1NCC(C)OC1=O. The number of rotatable bonds is 4. The number of carbonyl (C=O) groups is 1. The number of ether oxygens (including phenoxy) is 1. The highest BCUT2D eigenvalue weighted by Gasteiger charge is 2.26. The first kappa shape index (κ1) is 11.8. The fourth-order valence-corrected chi connectivity index (χ4v) is 2.16. The summed E-state index contributed by atoms with van der Waals surface area (Å²) in [5, 5.41) is 12.1. The molecule has 0 bridgehead atoms. The van der Waals surface area contributed by atoms with Gasteiger partial charge in [-0.3, -0.25) is 4.79 Å². The maximum Gasteiger partial charge on any atom is 0.324 e. The molecule has 0 aromatic carbocycles. The Hall–Kier alpha value is -0.260. The van der Waals surface area contributed by atoms with Gasteiger partial charge >= 0.3 is 5.97 Å². The van der Waals surface area contributed by atoms with Crippen LogP contribution >= 0.6 is 11.8 Å². The lowest BCUT2D eigenvalue weighted by Gasteiger charge is -2.26. The molecule has 1 rings (SSSR count). The summed E-state index contributed by atoms with van der Waals surface area (Å²) in [6.45, 7) is 4.32. The first-order valence-corrected chi connectivity index (χ1v) is 5.94. The number of hydrogen-bond acceptors (Lipinski definition) is 5. The van der Waals surface area contributed by atoms with Crippen LogP contribution in [0.5, 0.6) is 0 Å². The van der Waals surface area contributed by atoms with Crippen molar-refractivity contribution in [1.29, 1.82) is 0 Å². The van der Waals surface area contributed by atoms with E-state index in [0.717, 1.165) is 0 Å². The molecule has 1 saturated heterocycles. The van der Waals surface area contributed by atoms with Crippen LogP contribution in [0.25, 0.3) is 0 Å². The Bertz CT molecular complexity index is 198. The van der Waals surface area contributed by atoms with Gasteiger partial charge in [0.2, 0.25) is 0 Å². The molecule has 1 fully saturated rings. The second-order valence-corrected chi connectivity index (χ2v) is 4.67. The average molecular weight is 219 g/mol. The van der Waals surface area contributed by atoms with Gasteiger partial charge in [-0.1, -0.05) is 0 Å². The molecule has 1 aliphatic rings. The van der Waals surface area contributed by atoms with Gasteiger partial charge in [0.15, 0.2) is 0 Å². The van der Waals surface area contributed by atoms with Crippen LogP contribution in [-0.4, -0.2) is 47.4 Å². The molecule has 0 aromatic heterocycles. The number of morpholine rings is 1. The summed E-state index contributed by atoms with van der Waals surface area (Å²) >= 11 is 1.56. The molecule has 3 unspecified atom stereocenters. The standard InChI is InChI=1S/C9H17NO3S/c1-6(11)4-14-5-8-9(12)13-7(2)3-10-8/h6-8,10-11H,3-5H2,1-2H3. The summed E-state index contributed by atoms with van der Waals surface area (Å²) < 4.78 is 5.08. The lowest BCUT2D eigenvalue weighted by Crippen LogP contribution is -2.50. The molecule has 0 aromatic rings. The van der Waals surface area contributed by atoms with Crippen molar-refractivity contribution in [1.82, 2.24) is 5.32 Å². The maximum absolute atomic E-state index is 11.3. The van der Waals surface area contributed by atoms with Crippen LogP contribution in [0, 0.1) is 0 Å². The van der Waals surface area contributed by atoms with E-state index in [1.807, 2.05) is 6.92 Å². The Morgan fingerprint density at radius 1 is 1.79 bits per heavy atom. The first-order valence-electron chi connectivity index (χ1n) is 4.79. The first-order chi connectivity index (χ1) is 6.59. The fraction of sp³-hybridized carbons (Fsp3) is 0.889. The van der Waals surface area contributed by atoms with Crippen LogP contribution in [0.3, 0.4) is 0 Å². The van der Waals surface area contributed by atoms with E-state index in [1.165, 1.54) is 0 Å². The minimum Gasteiger partial charge on any atom is -0.460 e. The summed E-state index contributed by atoms with van der Waals surface area (Å²) in [5.41, 5.74) is 0. The van der Waals surface area contributed by atoms with Crippen molar-refractivity contribution >= 4 is 17.7 Å². The number of hydrogen-bond donors (Lipinski definition) is 2. The molecule has 0 spiro atoms. The Kier molecular flexibility index (Phi) is 4.71. The monoisotopic (exact) mass is 219 g/mol. The van der Waals surface area contributed by atoms with Crippen molar-refractivity contribution in [3.63, 3.8) is 0 Å².